The molecule has 0 amide bonds. The number of nitrogens with zero attached hydrogens (tertiary/aromatic N) is 4. The van der Waals surface area contributed by atoms with Crippen molar-refractivity contribution in [3.8, 4) is 5.75 Å². The van der Waals surface area contributed by atoms with Crippen molar-refractivity contribution >= 4 is 27.3 Å². The van der Waals surface area contributed by atoms with Crippen molar-refractivity contribution in [1.82, 2.24) is 9.97 Å². The van der Waals surface area contributed by atoms with Crippen molar-refractivity contribution in [2.45, 2.75) is 23.6 Å². The molecule has 2 heterocycles. The first-order valence-electron chi connectivity index (χ1n) is 10.4. The molecule has 0 atom stereocenters. The summed E-state index contributed by atoms with van der Waals surface area (Å²) in [5, 5.41) is 0. The van der Waals surface area contributed by atoms with Crippen LogP contribution in [0.1, 0.15) is 11.1 Å². The molecule has 1 aliphatic heterocycles. The van der Waals surface area contributed by atoms with Crippen LogP contribution in [-0.4, -0.2) is 51.7 Å². The summed E-state index contributed by atoms with van der Waals surface area (Å²) in [7, 11) is -2.14. The number of ether oxygens (including phenoxy) is 1. The van der Waals surface area contributed by atoms with Crippen molar-refractivity contribution in [2.75, 3.05) is 48.8 Å². The van der Waals surface area contributed by atoms with Crippen molar-refractivity contribution in [3.05, 3.63) is 59.8 Å². The molecule has 1 fully saturated rings. The van der Waals surface area contributed by atoms with Crippen LogP contribution in [0.25, 0.3) is 0 Å². The van der Waals surface area contributed by atoms with Gasteiger partial charge in [0, 0.05) is 31.9 Å². The zero-order chi connectivity index (χ0) is 22.9. The second kappa shape index (κ2) is 8.66. The number of nitrogen functional groups attached to an aromatic ring is 1. The van der Waals surface area contributed by atoms with Gasteiger partial charge < -0.3 is 20.3 Å². The Kier molecular flexibility index (Phi) is 5.92. The topological polar surface area (TPSA) is 102 Å². The van der Waals surface area contributed by atoms with E-state index in [0.717, 1.165) is 35.7 Å². The van der Waals surface area contributed by atoms with E-state index in [1.165, 1.54) is 6.20 Å². The molecule has 2 aromatic carbocycles. The molecule has 0 bridgehead atoms. The second-order valence-corrected chi connectivity index (χ2v) is 9.76. The second-order valence-electron chi connectivity index (χ2n) is 7.84. The molecular weight excluding hydrogens is 426 g/mol. The Balaban J connectivity index is 1.49. The van der Waals surface area contributed by atoms with Gasteiger partial charge in [-0.25, -0.2) is 13.4 Å². The van der Waals surface area contributed by atoms with E-state index >= 15 is 0 Å². The first kappa shape index (κ1) is 21.9. The van der Waals surface area contributed by atoms with Gasteiger partial charge >= 0.3 is 0 Å². The Morgan fingerprint density at radius 2 is 1.59 bits per heavy atom. The maximum Gasteiger partial charge on any atom is 0.227 e. The maximum atomic E-state index is 13.1. The van der Waals surface area contributed by atoms with Crippen LogP contribution >= 0.6 is 0 Å². The number of aryl methyl sites for hydroxylation is 2. The van der Waals surface area contributed by atoms with Gasteiger partial charge in [0.1, 0.15) is 16.5 Å². The van der Waals surface area contributed by atoms with Crippen molar-refractivity contribution < 1.29 is 13.2 Å². The summed E-state index contributed by atoms with van der Waals surface area (Å²) in [4.78, 5) is 13.1. The Bertz CT molecular complexity index is 1220. The molecule has 2 N–H and O–H groups in total. The smallest absolute Gasteiger partial charge is 0.227 e. The average Bonchev–Trinajstić information content (AvgIpc) is 2.80. The summed E-state index contributed by atoms with van der Waals surface area (Å²) >= 11 is 0. The fraction of sp³-hybridized carbons (Fsp3) is 0.304. The number of rotatable bonds is 5. The highest BCUT2D eigenvalue weighted by Crippen LogP contribution is 2.27. The number of hydrogen-bond acceptors (Lipinski definition) is 8. The molecule has 1 saturated heterocycles. The molecule has 1 aliphatic rings. The van der Waals surface area contributed by atoms with Crippen LogP contribution in [0, 0.1) is 13.8 Å². The molecule has 4 rings (SSSR count). The number of benzene rings is 2. The normalized spacial score (nSPS) is 14.5. The monoisotopic (exact) mass is 453 g/mol. The number of piperazine rings is 1. The van der Waals surface area contributed by atoms with Crippen LogP contribution in [0.3, 0.4) is 0 Å². The molecule has 0 radical (unpaired) electrons. The third kappa shape index (κ3) is 4.20. The third-order valence-corrected chi connectivity index (χ3v) is 7.62. The Hall–Kier alpha value is -3.33. The van der Waals surface area contributed by atoms with E-state index in [1.54, 1.807) is 25.3 Å². The highest BCUT2D eigenvalue weighted by molar-refractivity contribution is 7.91. The number of nitrogens with two attached hydrogens (primary N) is 1. The molecule has 3 aromatic rings. The van der Waals surface area contributed by atoms with E-state index in [2.05, 4.69) is 14.9 Å². The van der Waals surface area contributed by atoms with Gasteiger partial charge in [-0.1, -0.05) is 6.07 Å². The van der Waals surface area contributed by atoms with Crippen LogP contribution in [0.2, 0.25) is 0 Å². The summed E-state index contributed by atoms with van der Waals surface area (Å²) < 4.78 is 31.3. The van der Waals surface area contributed by atoms with Gasteiger partial charge in [0.25, 0.3) is 0 Å². The SMILES string of the molecule is COc1ccc(N2CCN(c3ncc(S(=O)(=O)c4ccc(C)c(C)c4)c(N)n3)CC2)cc1. The molecule has 0 aliphatic carbocycles. The lowest BCUT2D eigenvalue weighted by atomic mass is 10.1. The number of sulfone groups is 1. The minimum Gasteiger partial charge on any atom is -0.497 e. The van der Waals surface area contributed by atoms with Crippen LogP contribution in [0.4, 0.5) is 17.5 Å². The lowest BCUT2D eigenvalue weighted by Gasteiger charge is -2.36. The Morgan fingerprint density at radius 1 is 0.938 bits per heavy atom. The zero-order valence-corrected chi connectivity index (χ0v) is 19.3. The standard InChI is InChI=1S/C23H27N5O3S/c1-16-4-9-20(14-17(16)2)32(29,30)21-15-25-23(26-22(21)24)28-12-10-27(11-13-28)18-5-7-19(31-3)8-6-18/h4-9,14-15H,10-13H2,1-3H3,(H2,24,25,26). The molecule has 32 heavy (non-hydrogen) atoms. The van der Waals surface area contributed by atoms with Crippen LogP contribution in [0.5, 0.6) is 5.75 Å². The molecule has 0 saturated carbocycles. The van der Waals surface area contributed by atoms with E-state index < -0.39 is 9.84 Å². The summed E-state index contributed by atoms with van der Waals surface area (Å²) in [5.74, 6) is 1.23. The largest absolute Gasteiger partial charge is 0.497 e. The predicted molar refractivity (Wildman–Crippen MR) is 125 cm³/mol. The minimum absolute atomic E-state index is 0.0363. The van der Waals surface area contributed by atoms with Gasteiger partial charge in [-0.3, -0.25) is 0 Å². The van der Waals surface area contributed by atoms with Crippen molar-refractivity contribution in [3.63, 3.8) is 0 Å². The van der Waals surface area contributed by atoms with E-state index in [1.807, 2.05) is 43.0 Å². The summed E-state index contributed by atoms with van der Waals surface area (Å²) in [5.41, 5.74) is 9.14. The predicted octanol–water partition coefficient (Wildman–Crippen LogP) is 2.84. The third-order valence-electron chi connectivity index (χ3n) is 5.85. The van der Waals surface area contributed by atoms with E-state index in [0.29, 0.717) is 19.0 Å². The van der Waals surface area contributed by atoms with E-state index in [9.17, 15) is 8.42 Å². The van der Waals surface area contributed by atoms with Gasteiger partial charge in [-0.05, 0) is 61.4 Å². The number of aromatic nitrogens is 2. The fourth-order valence-electron chi connectivity index (χ4n) is 3.70. The van der Waals surface area contributed by atoms with Crippen molar-refractivity contribution in [1.29, 1.82) is 0 Å². The summed E-state index contributed by atoms with van der Waals surface area (Å²) in [6.45, 7) is 6.80. The van der Waals surface area contributed by atoms with E-state index in [4.69, 9.17) is 10.5 Å². The van der Waals surface area contributed by atoms with Gasteiger partial charge in [0.05, 0.1) is 18.2 Å². The van der Waals surface area contributed by atoms with Crippen LogP contribution in [-0.2, 0) is 9.84 Å². The van der Waals surface area contributed by atoms with Crippen molar-refractivity contribution in [2.24, 2.45) is 0 Å². The average molecular weight is 454 g/mol. The van der Waals surface area contributed by atoms with E-state index in [-0.39, 0.29) is 15.6 Å². The highest BCUT2D eigenvalue weighted by Gasteiger charge is 2.25. The number of methoxy groups -OCH3 is 1. The van der Waals surface area contributed by atoms with Crippen LogP contribution in [0.15, 0.2) is 58.5 Å². The lowest BCUT2D eigenvalue weighted by Crippen LogP contribution is -2.47. The summed E-state index contributed by atoms with van der Waals surface area (Å²) in [6, 6.07) is 13.0. The Labute approximate surface area is 188 Å². The van der Waals surface area contributed by atoms with Crippen LogP contribution < -0.4 is 20.3 Å². The molecule has 8 nitrogen and oxygen atoms in total. The first-order chi connectivity index (χ1) is 15.3. The molecular formula is C23H27N5O3S. The maximum absolute atomic E-state index is 13.1. The van der Waals surface area contributed by atoms with Gasteiger partial charge in [-0.2, -0.15) is 4.98 Å². The molecule has 0 unspecified atom stereocenters. The molecule has 0 spiro atoms. The molecule has 9 heteroatoms. The highest BCUT2D eigenvalue weighted by atomic mass is 32.2. The molecule has 168 valence electrons. The lowest BCUT2D eigenvalue weighted by molar-refractivity contribution is 0.415. The fourth-order valence-corrected chi connectivity index (χ4v) is 5.04. The minimum atomic E-state index is -3.79. The van der Waals surface area contributed by atoms with Gasteiger partial charge in [0.2, 0.25) is 15.8 Å². The summed E-state index contributed by atoms with van der Waals surface area (Å²) in [6.07, 6.45) is 1.32. The Morgan fingerprint density at radius 3 is 2.19 bits per heavy atom. The zero-order valence-electron chi connectivity index (χ0n) is 18.4. The molecule has 1 aromatic heterocycles. The van der Waals surface area contributed by atoms with Gasteiger partial charge in [0.15, 0.2) is 0 Å². The number of anilines is 3. The quantitative estimate of drug-likeness (QED) is 0.629. The van der Waals surface area contributed by atoms with Gasteiger partial charge in [-0.15, -0.1) is 0 Å². The first-order valence-corrected chi connectivity index (χ1v) is 11.9. The number of hydrogen-bond donors (Lipinski definition) is 1.